The van der Waals surface area contributed by atoms with E-state index in [-0.39, 0.29) is 23.1 Å². The summed E-state index contributed by atoms with van der Waals surface area (Å²) in [5.74, 6) is -0.240. The molecule has 6 nitrogen and oxygen atoms in total. The highest BCUT2D eigenvalue weighted by molar-refractivity contribution is 9.10. The molecule has 0 saturated carbocycles. The summed E-state index contributed by atoms with van der Waals surface area (Å²) in [5, 5.41) is 2.65. The minimum atomic E-state index is -3.84. The summed E-state index contributed by atoms with van der Waals surface area (Å²) in [5.41, 5.74) is 1.56. The van der Waals surface area contributed by atoms with Gasteiger partial charge in [0.05, 0.1) is 4.90 Å². The largest absolute Gasteiger partial charge is 0.483 e. The van der Waals surface area contributed by atoms with Crippen LogP contribution in [0.5, 0.6) is 5.75 Å². The zero-order valence-electron chi connectivity index (χ0n) is 15.9. The van der Waals surface area contributed by atoms with E-state index in [0.717, 1.165) is 22.2 Å². The maximum atomic E-state index is 13.0. The molecule has 0 fully saturated rings. The number of sulfonamides is 1. The highest BCUT2D eigenvalue weighted by Gasteiger charge is 2.14. The lowest BCUT2D eigenvalue weighted by molar-refractivity contribution is -0.118. The van der Waals surface area contributed by atoms with E-state index in [1.807, 2.05) is 19.1 Å². The van der Waals surface area contributed by atoms with Gasteiger partial charge in [0.15, 0.2) is 6.61 Å². The Balaban J connectivity index is 1.59. The molecule has 0 saturated heterocycles. The fraction of sp³-hybridized carbons (Fsp3) is 0.0952. The summed E-state index contributed by atoms with van der Waals surface area (Å²) < 4.78 is 46.6. The standard InChI is InChI=1S/C21H18BrFN2O4S/c1-14-12-15(22)2-11-20(14)29-13-21(26)24-17-7-9-19(10-8-17)30(27,28)25-18-5-3-16(23)4-6-18/h2-12,25H,13H2,1H3,(H,24,26). The lowest BCUT2D eigenvalue weighted by atomic mass is 10.2. The Bertz CT molecular complexity index is 1150. The van der Waals surface area contributed by atoms with Crippen molar-refractivity contribution in [2.75, 3.05) is 16.6 Å². The summed E-state index contributed by atoms with van der Waals surface area (Å²) >= 11 is 3.36. The molecule has 3 rings (SSSR count). The molecule has 3 aromatic rings. The number of halogens is 2. The van der Waals surface area contributed by atoms with Crippen LogP contribution in [0.4, 0.5) is 15.8 Å². The molecule has 156 valence electrons. The van der Waals surface area contributed by atoms with Crippen molar-refractivity contribution in [1.29, 1.82) is 0 Å². The second-order valence-electron chi connectivity index (χ2n) is 6.38. The molecular formula is C21H18BrFN2O4S. The summed E-state index contributed by atoms with van der Waals surface area (Å²) in [4.78, 5) is 12.1. The number of nitrogens with one attached hydrogen (secondary N) is 2. The first-order valence-electron chi connectivity index (χ1n) is 8.80. The Morgan fingerprint density at radius 3 is 2.27 bits per heavy atom. The normalized spacial score (nSPS) is 11.0. The molecule has 0 unspecified atom stereocenters. The molecular weight excluding hydrogens is 475 g/mol. The van der Waals surface area contributed by atoms with Crippen LogP contribution >= 0.6 is 15.9 Å². The first-order valence-corrected chi connectivity index (χ1v) is 11.1. The molecule has 0 aliphatic rings. The van der Waals surface area contributed by atoms with Gasteiger partial charge in [-0.15, -0.1) is 0 Å². The Kier molecular flexibility index (Phi) is 6.73. The average Bonchev–Trinajstić information content (AvgIpc) is 2.69. The fourth-order valence-corrected chi connectivity index (χ4v) is 4.10. The quantitative estimate of drug-likeness (QED) is 0.499. The molecule has 2 N–H and O–H groups in total. The monoisotopic (exact) mass is 492 g/mol. The van der Waals surface area contributed by atoms with Crippen molar-refractivity contribution in [3.05, 3.63) is 82.6 Å². The first kappa shape index (κ1) is 21.8. The van der Waals surface area contributed by atoms with Gasteiger partial charge in [-0.05, 0) is 79.2 Å². The minimum absolute atomic E-state index is 0.00608. The molecule has 30 heavy (non-hydrogen) atoms. The van der Waals surface area contributed by atoms with Crippen LogP contribution in [-0.4, -0.2) is 20.9 Å². The average molecular weight is 493 g/mol. The van der Waals surface area contributed by atoms with Gasteiger partial charge in [-0.1, -0.05) is 15.9 Å². The van der Waals surface area contributed by atoms with Crippen LogP contribution in [-0.2, 0) is 14.8 Å². The van der Waals surface area contributed by atoms with Crippen molar-refractivity contribution < 1.29 is 22.3 Å². The van der Waals surface area contributed by atoms with Crippen LogP contribution < -0.4 is 14.8 Å². The van der Waals surface area contributed by atoms with E-state index in [1.165, 1.54) is 36.4 Å². The van der Waals surface area contributed by atoms with Gasteiger partial charge < -0.3 is 10.1 Å². The van der Waals surface area contributed by atoms with Gasteiger partial charge in [-0.3, -0.25) is 9.52 Å². The summed E-state index contributed by atoms with van der Waals surface area (Å²) in [6, 6.07) is 16.1. The first-order chi connectivity index (χ1) is 14.2. The number of benzene rings is 3. The molecule has 0 bridgehead atoms. The number of hydrogen-bond donors (Lipinski definition) is 2. The van der Waals surface area contributed by atoms with E-state index in [0.29, 0.717) is 11.4 Å². The van der Waals surface area contributed by atoms with Crippen molar-refractivity contribution in [1.82, 2.24) is 0 Å². The van der Waals surface area contributed by atoms with E-state index >= 15 is 0 Å². The van der Waals surface area contributed by atoms with Crippen LogP contribution in [0, 0.1) is 12.7 Å². The second kappa shape index (κ2) is 9.27. The van der Waals surface area contributed by atoms with Crippen LogP contribution in [0.15, 0.2) is 76.1 Å². The molecule has 0 heterocycles. The zero-order chi connectivity index (χ0) is 21.7. The van der Waals surface area contributed by atoms with Gasteiger partial charge in [-0.2, -0.15) is 0 Å². The van der Waals surface area contributed by atoms with E-state index in [9.17, 15) is 17.6 Å². The number of aryl methyl sites for hydroxylation is 1. The Hall–Kier alpha value is -2.91. The molecule has 3 aromatic carbocycles. The molecule has 0 atom stereocenters. The Labute approximate surface area is 182 Å². The number of carbonyl (C=O) groups is 1. The van der Waals surface area contributed by atoms with Crippen molar-refractivity contribution >= 4 is 43.2 Å². The molecule has 0 aromatic heterocycles. The third kappa shape index (κ3) is 5.80. The number of hydrogen-bond acceptors (Lipinski definition) is 4. The number of anilines is 2. The molecule has 9 heteroatoms. The van der Waals surface area contributed by atoms with Crippen LogP contribution in [0.2, 0.25) is 0 Å². The molecule has 0 aliphatic heterocycles. The molecule has 0 aliphatic carbocycles. The van der Waals surface area contributed by atoms with Gasteiger partial charge in [0, 0.05) is 15.8 Å². The van der Waals surface area contributed by atoms with Crippen molar-refractivity contribution in [3.8, 4) is 5.75 Å². The molecule has 0 radical (unpaired) electrons. The predicted octanol–water partition coefficient (Wildman–Crippen LogP) is 4.71. The lowest BCUT2D eigenvalue weighted by Gasteiger charge is -2.11. The lowest BCUT2D eigenvalue weighted by Crippen LogP contribution is -2.20. The Morgan fingerprint density at radius 1 is 1.00 bits per heavy atom. The molecule has 0 spiro atoms. The van der Waals surface area contributed by atoms with Crippen molar-refractivity contribution in [2.24, 2.45) is 0 Å². The minimum Gasteiger partial charge on any atom is -0.483 e. The maximum absolute atomic E-state index is 13.0. The predicted molar refractivity (Wildman–Crippen MR) is 117 cm³/mol. The van der Waals surface area contributed by atoms with Gasteiger partial charge in [-0.25, -0.2) is 12.8 Å². The van der Waals surface area contributed by atoms with Crippen LogP contribution in [0.1, 0.15) is 5.56 Å². The zero-order valence-corrected chi connectivity index (χ0v) is 18.3. The maximum Gasteiger partial charge on any atom is 0.262 e. The second-order valence-corrected chi connectivity index (χ2v) is 8.98. The third-order valence-corrected chi connectivity index (χ3v) is 5.93. The van der Waals surface area contributed by atoms with Crippen LogP contribution in [0.25, 0.3) is 0 Å². The van der Waals surface area contributed by atoms with Gasteiger partial charge >= 0.3 is 0 Å². The topological polar surface area (TPSA) is 84.5 Å². The van der Waals surface area contributed by atoms with Crippen LogP contribution in [0.3, 0.4) is 0 Å². The number of carbonyl (C=O) groups excluding carboxylic acids is 1. The highest BCUT2D eigenvalue weighted by atomic mass is 79.9. The van der Waals surface area contributed by atoms with E-state index < -0.39 is 15.8 Å². The van der Waals surface area contributed by atoms with E-state index in [4.69, 9.17) is 4.74 Å². The fourth-order valence-electron chi connectivity index (χ4n) is 2.56. The summed E-state index contributed by atoms with van der Waals surface area (Å²) in [6.45, 7) is 1.69. The Morgan fingerprint density at radius 2 is 1.63 bits per heavy atom. The smallest absolute Gasteiger partial charge is 0.262 e. The van der Waals surface area contributed by atoms with E-state index in [1.54, 1.807) is 6.07 Å². The number of amides is 1. The van der Waals surface area contributed by atoms with Gasteiger partial charge in [0.1, 0.15) is 11.6 Å². The van der Waals surface area contributed by atoms with Crippen molar-refractivity contribution in [3.63, 3.8) is 0 Å². The summed E-state index contributed by atoms with van der Waals surface area (Å²) in [7, 11) is -3.84. The van der Waals surface area contributed by atoms with Gasteiger partial charge in [0.25, 0.3) is 15.9 Å². The van der Waals surface area contributed by atoms with Crippen molar-refractivity contribution in [2.45, 2.75) is 11.8 Å². The highest BCUT2D eigenvalue weighted by Crippen LogP contribution is 2.22. The van der Waals surface area contributed by atoms with Gasteiger partial charge in [0.2, 0.25) is 0 Å². The molecule has 1 amide bonds. The summed E-state index contributed by atoms with van der Waals surface area (Å²) in [6.07, 6.45) is 0. The van der Waals surface area contributed by atoms with E-state index in [2.05, 4.69) is 26.0 Å². The third-order valence-electron chi connectivity index (χ3n) is 4.04. The number of ether oxygens (including phenoxy) is 1. The SMILES string of the molecule is Cc1cc(Br)ccc1OCC(=O)Nc1ccc(S(=O)(=O)Nc2ccc(F)cc2)cc1. The number of rotatable bonds is 7.